The monoisotopic (exact) mass is 273 g/mol. The third kappa shape index (κ3) is 6.47. The van der Waals surface area contributed by atoms with Gasteiger partial charge in [-0.2, -0.15) is 5.26 Å². The Hall–Kier alpha value is -1.69. The minimum atomic E-state index is 0.372. The molecule has 0 fully saturated rings. The van der Waals surface area contributed by atoms with Crippen LogP contribution in [0.2, 0.25) is 0 Å². The fourth-order valence-corrected chi connectivity index (χ4v) is 2.22. The zero-order valence-electron chi connectivity index (χ0n) is 12.8. The van der Waals surface area contributed by atoms with Crippen molar-refractivity contribution in [3.63, 3.8) is 0 Å². The molecule has 3 heteroatoms. The molecule has 0 saturated carbocycles. The second-order valence-electron chi connectivity index (χ2n) is 5.77. The van der Waals surface area contributed by atoms with Gasteiger partial charge in [-0.1, -0.05) is 39.5 Å². The molecule has 1 rings (SSSR count). The highest BCUT2D eigenvalue weighted by atomic mass is 14.9. The summed E-state index contributed by atoms with van der Waals surface area (Å²) in [5.41, 5.74) is 8.50. The lowest BCUT2D eigenvalue weighted by molar-refractivity contribution is 0.523. The van der Waals surface area contributed by atoms with E-state index in [0.717, 1.165) is 23.7 Å². The fraction of sp³-hybridized carbons (Fsp3) is 0.588. The van der Waals surface area contributed by atoms with Crippen molar-refractivity contribution in [2.75, 3.05) is 17.6 Å². The van der Waals surface area contributed by atoms with Crippen molar-refractivity contribution in [3.05, 3.63) is 23.8 Å². The van der Waals surface area contributed by atoms with Crippen LogP contribution in [0, 0.1) is 17.2 Å². The SMILES string of the molecule is CC(C)CCCCCCNc1ccc(N)c(CC#N)c1. The summed E-state index contributed by atoms with van der Waals surface area (Å²) in [7, 11) is 0. The van der Waals surface area contributed by atoms with Gasteiger partial charge in [0.1, 0.15) is 0 Å². The average Bonchev–Trinajstić information content (AvgIpc) is 2.41. The van der Waals surface area contributed by atoms with Gasteiger partial charge in [0.25, 0.3) is 0 Å². The van der Waals surface area contributed by atoms with E-state index in [1.54, 1.807) is 0 Å². The van der Waals surface area contributed by atoms with Gasteiger partial charge in [0, 0.05) is 17.9 Å². The summed E-state index contributed by atoms with van der Waals surface area (Å²) in [5.74, 6) is 0.821. The Morgan fingerprint density at radius 1 is 1.20 bits per heavy atom. The molecule has 0 aliphatic carbocycles. The van der Waals surface area contributed by atoms with E-state index in [9.17, 15) is 0 Å². The molecule has 0 heterocycles. The molecule has 0 radical (unpaired) electrons. The summed E-state index contributed by atoms with van der Waals surface area (Å²) < 4.78 is 0. The summed E-state index contributed by atoms with van der Waals surface area (Å²) in [5, 5.41) is 12.1. The van der Waals surface area contributed by atoms with E-state index in [-0.39, 0.29) is 0 Å². The maximum Gasteiger partial charge on any atom is 0.0670 e. The van der Waals surface area contributed by atoms with Gasteiger partial charge in [0.05, 0.1) is 12.5 Å². The van der Waals surface area contributed by atoms with Crippen LogP contribution in [0.5, 0.6) is 0 Å². The van der Waals surface area contributed by atoms with Crippen LogP contribution in [0.25, 0.3) is 0 Å². The van der Waals surface area contributed by atoms with Crippen LogP contribution in [0.1, 0.15) is 51.5 Å². The van der Waals surface area contributed by atoms with E-state index in [2.05, 4.69) is 25.2 Å². The second-order valence-corrected chi connectivity index (χ2v) is 5.77. The Bertz CT molecular complexity index is 432. The highest BCUT2D eigenvalue weighted by Gasteiger charge is 2.00. The molecule has 0 aliphatic heterocycles. The molecular weight excluding hydrogens is 246 g/mol. The topological polar surface area (TPSA) is 61.8 Å². The summed E-state index contributed by atoms with van der Waals surface area (Å²) in [4.78, 5) is 0. The van der Waals surface area contributed by atoms with E-state index in [4.69, 9.17) is 11.0 Å². The Kier molecular flexibility index (Phi) is 7.57. The number of hydrogen-bond donors (Lipinski definition) is 2. The van der Waals surface area contributed by atoms with E-state index < -0.39 is 0 Å². The lowest BCUT2D eigenvalue weighted by Gasteiger charge is -2.09. The normalized spacial score (nSPS) is 10.5. The number of nitrogens with zero attached hydrogens (tertiary/aromatic N) is 1. The van der Waals surface area contributed by atoms with E-state index in [1.807, 2.05) is 18.2 Å². The second kappa shape index (κ2) is 9.25. The smallest absolute Gasteiger partial charge is 0.0670 e. The summed E-state index contributed by atoms with van der Waals surface area (Å²) >= 11 is 0. The van der Waals surface area contributed by atoms with Crippen LogP contribution in [-0.4, -0.2) is 6.54 Å². The Labute approximate surface area is 123 Å². The molecule has 0 bridgehead atoms. The summed E-state index contributed by atoms with van der Waals surface area (Å²) in [6, 6.07) is 7.98. The molecule has 0 aliphatic rings. The minimum absolute atomic E-state index is 0.372. The standard InChI is InChI=1S/C17H27N3/c1-14(2)7-5-3-4-6-12-20-16-8-9-17(19)15(13-16)10-11-18/h8-9,13-14,20H,3-7,10,12,19H2,1-2H3. The Morgan fingerprint density at radius 3 is 2.65 bits per heavy atom. The fourth-order valence-electron chi connectivity index (χ4n) is 2.22. The van der Waals surface area contributed by atoms with Gasteiger partial charge in [0.2, 0.25) is 0 Å². The van der Waals surface area contributed by atoms with Crippen molar-refractivity contribution in [2.45, 2.75) is 52.4 Å². The number of nitrogens with one attached hydrogen (secondary N) is 1. The van der Waals surface area contributed by atoms with E-state index in [0.29, 0.717) is 12.1 Å². The molecule has 0 amide bonds. The molecule has 20 heavy (non-hydrogen) atoms. The Balaban J connectivity index is 2.22. The molecular formula is C17H27N3. The number of benzene rings is 1. The quantitative estimate of drug-likeness (QED) is 0.519. The van der Waals surface area contributed by atoms with Gasteiger partial charge in [-0.15, -0.1) is 0 Å². The predicted molar refractivity (Wildman–Crippen MR) is 86.6 cm³/mol. The van der Waals surface area contributed by atoms with Gasteiger partial charge >= 0.3 is 0 Å². The number of rotatable bonds is 9. The number of anilines is 2. The van der Waals surface area contributed by atoms with Gasteiger partial charge in [-0.05, 0) is 36.1 Å². The molecule has 0 aromatic heterocycles. The third-order valence-corrected chi connectivity index (χ3v) is 3.45. The van der Waals surface area contributed by atoms with Crippen molar-refractivity contribution in [1.82, 2.24) is 0 Å². The predicted octanol–water partition coefficient (Wildman–Crippen LogP) is 4.35. The largest absolute Gasteiger partial charge is 0.398 e. The van der Waals surface area contributed by atoms with Crippen LogP contribution in [-0.2, 0) is 6.42 Å². The number of unbranched alkanes of at least 4 members (excludes halogenated alkanes) is 3. The molecule has 0 spiro atoms. The van der Waals surface area contributed by atoms with Crippen molar-refractivity contribution < 1.29 is 0 Å². The molecule has 0 saturated heterocycles. The molecule has 3 N–H and O–H groups in total. The van der Waals surface area contributed by atoms with Crippen molar-refractivity contribution in [3.8, 4) is 6.07 Å². The van der Waals surface area contributed by atoms with Crippen molar-refractivity contribution >= 4 is 11.4 Å². The molecule has 1 aromatic rings. The first-order chi connectivity index (χ1) is 9.63. The first kappa shape index (κ1) is 16.4. The van der Waals surface area contributed by atoms with Crippen molar-refractivity contribution in [2.24, 2.45) is 5.92 Å². The highest BCUT2D eigenvalue weighted by molar-refractivity contribution is 5.57. The highest BCUT2D eigenvalue weighted by Crippen LogP contribution is 2.18. The van der Waals surface area contributed by atoms with Crippen LogP contribution in [0.4, 0.5) is 11.4 Å². The van der Waals surface area contributed by atoms with Crippen LogP contribution < -0.4 is 11.1 Å². The first-order valence-electron chi connectivity index (χ1n) is 7.62. The van der Waals surface area contributed by atoms with Gasteiger partial charge in [-0.25, -0.2) is 0 Å². The van der Waals surface area contributed by atoms with Crippen LogP contribution in [0.3, 0.4) is 0 Å². The summed E-state index contributed by atoms with van der Waals surface area (Å²) in [6.45, 7) is 5.54. The number of nitrogen functional groups attached to an aromatic ring is 1. The minimum Gasteiger partial charge on any atom is -0.398 e. The molecule has 0 atom stereocenters. The summed E-state index contributed by atoms with van der Waals surface area (Å²) in [6.07, 6.45) is 6.84. The van der Waals surface area contributed by atoms with Crippen molar-refractivity contribution in [1.29, 1.82) is 5.26 Å². The number of nitriles is 1. The molecule has 110 valence electrons. The van der Waals surface area contributed by atoms with Gasteiger partial charge in [-0.3, -0.25) is 0 Å². The lowest BCUT2D eigenvalue weighted by atomic mass is 10.0. The first-order valence-corrected chi connectivity index (χ1v) is 7.62. The zero-order chi connectivity index (χ0) is 14.8. The lowest BCUT2D eigenvalue weighted by Crippen LogP contribution is -2.03. The molecule has 0 unspecified atom stereocenters. The number of hydrogen-bond acceptors (Lipinski definition) is 3. The van der Waals surface area contributed by atoms with E-state index in [1.165, 1.54) is 32.1 Å². The van der Waals surface area contributed by atoms with Gasteiger partial charge in [0.15, 0.2) is 0 Å². The maximum atomic E-state index is 8.74. The average molecular weight is 273 g/mol. The maximum absolute atomic E-state index is 8.74. The Morgan fingerprint density at radius 2 is 1.95 bits per heavy atom. The number of nitrogens with two attached hydrogens (primary N) is 1. The molecule has 3 nitrogen and oxygen atoms in total. The van der Waals surface area contributed by atoms with Gasteiger partial charge < -0.3 is 11.1 Å². The van der Waals surface area contributed by atoms with E-state index >= 15 is 0 Å². The van der Waals surface area contributed by atoms with Crippen LogP contribution in [0.15, 0.2) is 18.2 Å². The third-order valence-electron chi connectivity index (χ3n) is 3.45. The zero-order valence-corrected chi connectivity index (χ0v) is 12.8. The molecule has 1 aromatic carbocycles. The van der Waals surface area contributed by atoms with Crippen LogP contribution >= 0.6 is 0 Å².